The number of rotatable bonds is 4. The quantitative estimate of drug-likeness (QED) is 0.353. The average molecular weight is 336 g/mol. The average Bonchev–Trinajstić information content (AvgIpc) is 2.61. The first kappa shape index (κ1) is 17.2. The molecule has 0 aromatic heterocycles. The van der Waals surface area contributed by atoms with Crippen LogP contribution in [0, 0.1) is 10.1 Å². The summed E-state index contributed by atoms with van der Waals surface area (Å²) in [6, 6.07) is 3.65. The number of benzene rings is 1. The fourth-order valence-corrected chi connectivity index (χ4v) is 2.25. The van der Waals surface area contributed by atoms with Crippen LogP contribution in [-0.4, -0.2) is 66.2 Å². The van der Waals surface area contributed by atoms with Crippen LogP contribution in [0.1, 0.15) is 0 Å². The number of nitrogens with one attached hydrogen (secondary N) is 1. The third kappa shape index (κ3) is 3.77. The van der Waals surface area contributed by atoms with Crippen molar-refractivity contribution in [2.24, 2.45) is 0 Å². The predicted molar refractivity (Wildman–Crippen MR) is 82.5 cm³/mol. The van der Waals surface area contributed by atoms with Gasteiger partial charge in [0.1, 0.15) is 5.75 Å². The molecule has 1 fully saturated rings. The molecule has 2 rings (SSSR count). The van der Waals surface area contributed by atoms with Gasteiger partial charge in [0.15, 0.2) is 0 Å². The molecular weight excluding hydrogens is 320 g/mol. The minimum absolute atomic E-state index is 0.0797. The Bertz CT molecular complexity index is 669. The zero-order chi connectivity index (χ0) is 17.7. The first-order valence-corrected chi connectivity index (χ1v) is 7.08. The number of methoxy groups -OCH3 is 1. The highest BCUT2D eigenvalue weighted by atomic mass is 16.6. The molecule has 0 spiro atoms. The van der Waals surface area contributed by atoms with Crippen molar-refractivity contribution < 1.29 is 24.0 Å². The van der Waals surface area contributed by atoms with E-state index in [0.717, 1.165) is 6.07 Å². The number of nitro groups is 1. The fourth-order valence-electron chi connectivity index (χ4n) is 2.25. The Morgan fingerprint density at radius 3 is 2.50 bits per heavy atom. The lowest BCUT2D eigenvalue weighted by atomic mass is 10.2. The number of carbonyl (C=O) groups is 3. The van der Waals surface area contributed by atoms with Crippen molar-refractivity contribution in [1.82, 2.24) is 9.80 Å². The highest BCUT2D eigenvalue weighted by molar-refractivity contribution is 6.39. The second-order valence-electron chi connectivity index (χ2n) is 5.03. The molecular formula is C14H16N4O6. The second-order valence-corrected chi connectivity index (χ2v) is 5.03. The predicted octanol–water partition coefficient (Wildman–Crippen LogP) is -0.158. The molecule has 0 saturated carbocycles. The van der Waals surface area contributed by atoms with E-state index in [1.54, 1.807) is 0 Å². The number of nitro benzene ring substituents is 1. The van der Waals surface area contributed by atoms with Crippen molar-refractivity contribution in [2.75, 3.05) is 38.6 Å². The van der Waals surface area contributed by atoms with Gasteiger partial charge >= 0.3 is 11.8 Å². The first-order chi connectivity index (χ1) is 11.5. The van der Waals surface area contributed by atoms with Gasteiger partial charge in [0, 0.05) is 32.2 Å². The van der Waals surface area contributed by atoms with Crippen LogP contribution in [0.4, 0.5) is 11.4 Å². The highest BCUT2D eigenvalue weighted by Crippen LogP contribution is 2.29. The number of hydrogen-bond donors (Lipinski definition) is 1. The van der Waals surface area contributed by atoms with Crippen LogP contribution in [0.15, 0.2) is 18.2 Å². The lowest BCUT2D eigenvalue weighted by Gasteiger charge is -2.32. The molecule has 10 nitrogen and oxygen atoms in total. The normalized spacial score (nSPS) is 14.0. The minimum atomic E-state index is -0.873. The van der Waals surface area contributed by atoms with E-state index < -0.39 is 16.7 Å². The summed E-state index contributed by atoms with van der Waals surface area (Å²) >= 11 is 0. The minimum Gasteiger partial charge on any atom is -0.494 e. The smallest absolute Gasteiger partial charge is 0.314 e. The van der Waals surface area contributed by atoms with Gasteiger partial charge in [-0.2, -0.15) is 0 Å². The number of anilines is 1. The number of amides is 3. The Hall–Kier alpha value is -3.17. The van der Waals surface area contributed by atoms with Gasteiger partial charge < -0.3 is 19.9 Å². The van der Waals surface area contributed by atoms with Crippen LogP contribution in [0.25, 0.3) is 0 Å². The van der Waals surface area contributed by atoms with Gasteiger partial charge in [-0.25, -0.2) is 0 Å². The van der Waals surface area contributed by atoms with Crippen molar-refractivity contribution in [3.8, 4) is 5.75 Å². The maximum absolute atomic E-state index is 12.1. The van der Waals surface area contributed by atoms with E-state index in [1.807, 2.05) is 0 Å². The molecule has 1 aromatic rings. The topological polar surface area (TPSA) is 122 Å². The van der Waals surface area contributed by atoms with Crippen molar-refractivity contribution in [3.05, 3.63) is 28.3 Å². The van der Waals surface area contributed by atoms with E-state index >= 15 is 0 Å². The van der Waals surface area contributed by atoms with E-state index in [1.165, 1.54) is 29.0 Å². The number of hydrogen-bond acceptors (Lipinski definition) is 6. The summed E-state index contributed by atoms with van der Waals surface area (Å²) in [7, 11) is 1.30. The monoisotopic (exact) mass is 336 g/mol. The molecule has 0 aliphatic carbocycles. The standard InChI is InChI=1S/C14H16N4O6/c1-24-12-8-10(18(22)23)2-3-11(12)15-13(20)14(21)17-6-4-16(9-19)5-7-17/h2-3,8-9H,4-7H2,1H3,(H,15,20). The van der Waals surface area contributed by atoms with E-state index in [2.05, 4.69) is 5.32 Å². The molecule has 0 radical (unpaired) electrons. The van der Waals surface area contributed by atoms with Crippen molar-refractivity contribution in [2.45, 2.75) is 0 Å². The summed E-state index contributed by atoms with van der Waals surface area (Å²) in [4.78, 5) is 47.8. The molecule has 1 aliphatic rings. The van der Waals surface area contributed by atoms with Gasteiger partial charge in [-0.05, 0) is 6.07 Å². The molecule has 3 amide bonds. The number of non-ortho nitro benzene ring substituents is 1. The van der Waals surface area contributed by atoms with Crippen molar-refractivity contribution in [3.63, 3.8) is 0 Å². The Labute approximate surface area is 137 Å². The van der Waals surface area contributed by atoms with Crippen LogP contribution in [0.3, 0.4) is 0 Å². The van der Waals surface area contributed by atoms with E-state index in [9.17, 15) is 24.5 Å². The van der Waals surface area contributed by atoms with Crippen LogP contribution in [0.2, 0.25) is 0 Å². The molecule has 0 bridgehead atoms. The molecule has 24 heavy (non-hydrogen) atoms. The molecule has 1 N–H and O–H groups in total. The number of carbonyl (C=O) groups excluding carboxylic acids is 3. The van der Waals surface area contributed by atoms with Crippen molar-refractivity contribution >= 4 is 29.6 Å². The third-order valence-corrected chi connectivity index (χ3v) is 3.59. The van der Waals surface area contributed by atoms with Crippen LogP contribution in [0.5, 0.6) is 5.75 Å². The zero-order valence-corrected chi connectivity index (χ0v) is 12.9. The maximum Gasteiger partial charge on any atom is 0.314 e. The van der Waals surface area contributed by atoms with Gasteiger partial charge in [-0.3, -0.25) is 24.5 Å². The van der Waals surface area contributed by atoms with Gasteiger partial charge in [0.05, 0.1) is 23.8 Å². The summed E-state index contributed by atoms with van der Waals surface area (Å²) < 4.78 is 5.00. The lowest BCUT2D eigenvalue weighted by molar-refractivity contribution is -0.384. The number of piperazine rings is 1. The summed E-state index contributed by atoms with van der Waals surface area (Å²) in [6.45, 7) is 1.26. The van der Waals surface area contributed by atoms with Gasteiger partial charge in [-0.1, -0.05) is 0 Å². The molecule has 1 saturated heterocycles. The summed E-state index contributed by atoms with van der Waals surface area (Å²) in [5, 5.41) is 13.1. The Kier molecular flexibility index (Phi) is 5.30. The largest absolute Gasteiger partial charge is 0.494 e. The van der Waals surface area contributed by atoms with E-state index in [0.29, 0.717) is 19.5 Å². The maximum atomic E-state index is 12.1. The lowest BCUT2D eigenvalue weighted by Crippen LogP contribution is -2.51. The Balaban J connectivity index is 2.05. The second kappa shape index (κ2) is 7.40. The van der Waals surface area contributed by atoms with Gasteiger partial charge in [-0.15, -0.1) is 0 Å². The van der Waals surface area contributed by atoms with Crippen LogP contribution < -0.4 is 10.1 Å². The van der Waals surface area contributed by atoms with Crippen LogP contribution >= 0.6 is 0 Å². The van der Waals surface area contributed by atoms with E-state index in [-0.39, 0.29) is 30.2 Å². The summed E-state index contributed by atoms with van der Waals surface area (Å²) in [6.07, 6.45) is 0.698. The summed E-state index contributed by atoms with van der Waals surface area (Å²) in [5.41, 5.74) is -0.0332. The molecule has 1 aliphatic heterocycles. The first-order valence-electron chi connectivity index (χ1n) is 7.08. The molecule has 128 valence electrons. The van der Waals surface area contributed by atoms with Crippen molar-refractivity contribution in [1.29, 1.82) is 0 Å². The highest BCUT2D eigenvalue weighted by Gasteiger charge is 2.26. The molecule has 0 atom stereocenters. The Morgan fingerprint density at radius 2 is 1.96 bits per heavy atom. The fraction of sp³-hybridized carbons (Fsp3) is 0.357. The SMILES string of the molecule is COc1cc([N+](=O)[O-])ccc1NC(=O)C(=O)N1CCN(C=O)CC1. The number of nitrogens with zero attached hydrogens (tertiary/aromatic N) is 3. The molecule has 10 heteroatoms. The van der Waals surface area contributed by atoms with E-state index in [4.69, 9.17) is 4.74 Å². The summed E-state index contributed by atoms with van der Waals surface area (Å²) in [5.74, 6) is -1.53. The van der Waals surface area contributed by atoms with Gasteiger partial charge in [0.2, 0.25) is 6.41 Å². The molecule has 1 aromatic carbocycles. The molecule has 1 heterocycles. The van der Waals surface area contributed by atoms with Gasteiger partial charge in [0.25, 0.3) is 5.69 Å². The zero-order valence-electron chi connectivity index (χ0n) is 12.9. The number of ether oxygens (including phenoxy) is 1. The Morgan fingerprint density at radius 1 is 1.29 bits per heavy atom. The molecule has 0 unspecified atom stereocenters. The van der Waals surface area contributed by atoms with Crippen LogP contribution in [-0.2, 0) is 14.4 Å². The third-order valence-electron chi connectivity index (χ3n) is 3.59.